The summed E-state index contributed by atoms with van der Waals surface area (Å²) < 4.78 is 1.74. The van der Waals surface area contributed by atoms with E-state index in [-0.39, 0.29) is 12.3 Å². The quantitative estimate of drug-likeness (QED) is 0.888. The molecule has 0 aliphatic carbocycles. The fourth-order valence-electron chi connectivity index (χ4n) is 2.58. The number of hydrogen-bond donors (Lipinski definition) is 1. The number of carboxylic acid groups (broad SMARTS) is 1. The number of amides is 1. The van der Waals surface area contributed by atoms with Gasteiger partial charge in [0.05, 0.1) is 11.8 Å². The molecular formula is C14H21N3O3. The number of hydrogen-bond acceptors (Lipinski definition) is 3. The van der Waals surface area contributed by atoms with Crippen LogP contribution < -0.4 is 0 Å². The molecule has 1 fully saturated rings. The third-order valence-corrected chi connectivity index (χ3v) is 3.87. The maximum absolute atomic E-state index is 12.3. The summed E-state index contributed by atoms with van der Waals surface area (Å²) in [5.74, 6) is -0.287. The van der Waals surface area contributed by atoms with Gasteiger partial charge in [-0.3, -0.25) is 14.3 Å². The SMILES string of the molecule is CCn1cc(C(=O)N2CCC(CCC(=O)O)CC2)cn1. The van der Waals surface area contributed by atoms with Crippen LogP contribution in [-0.4, -0.2) is 44.8 Å². The van der Waals surface area contributed by atoms with Gasteiger partial charge >= 0.3 is 5.97 Å². The van der Waals surface area contributed by atoms with Crippen molar-refractivity contribution in [2.75, 3.05) is 13.1 Å². The van der Waals surface area contributed by atoms with Gasteiger partial charge in [0.15, 0.2) is 0 Å². The lowest BCUT2D eigenvalue weighted by Crippen LogP contribution is -2.38. The van der Waals surface area contributed by atoms with Crippen molar-refractivity contribution in [3.05, 3.63) is 18.0 Å². The monoisotopic (exact) mass is 279 g/mol. The molecule has 1 N–H and O–H groups in total. The van der Waals surface area contributed by atoms with Crippen molar-refractivity contribution in [2.24, 2.45) is 5.92 Å². The molecule has 0 spiro atoms. The molecule has 0 radical (unpaired) electrons. The molecule has 0 aromatic carbocycles. The van der Waals surface area contributed by atoms with E-state index >= 15 is 0 Å². The van der Waals surface area contributed by atoms with Gasteiger partial charge in [-0.15, -0.1) is 0 Å². The zero-order valence-electron chi connectivity index (χ0n) is 11.8. The predicted molar refractivity (Wildman–Crippen MR) is 73.4 cm³/mol. The van der Waals surface area contributed by atoms with Gasteiger partial charge in [-0.1, -0.05) is 0 Å². The number of aliphatic carboxylic acids is 1. The van der Waals surface area contributed by atoms with Crippen LogP contribution in [0.5, 0.6) is 0 Å². The van der Waals surface area contributed by atoms with Crippen LogP contribution in [0.25, 0.3) is 0 Å². The minimum absolute atomic E-state index is 0.0291. The number of aromatic nitrogens is 2. The van der Waals surface area contributed by atoms with Gasteiger partial charge in [-0.25, -0.2) is 0 Å². The molecule has 2 heterocycles. The summed E-state index contributed by atoms with van der Waals surface area (Å²) in [6.07, 6.45) is 6.11. The molecule has 1 amide bonds. The van der Waals surface area contributed by atoms with Gasteiger partial charge < -0.3 is 10.0 Å². The summed E-state index contributed by atoms with van der Waals surface area (Å²) in [4.78, 5) is 24.7. The van der Waals surface area contributed by atoms with Gasteiger partial charge in [0.2, 0.25) is 0 Å². The molecular weight excluding hydrogens is 258 g/mol. The van der Waals surface area contributed by atoms with Crippen molar-refractivity contribution in [1.82, 2.24) is 14.7 Å². The average molecular weight is 279 g/mol. The summed E-state index contributed by atoms with van der Waals surface area (Å²) in [6.45, 7) is 4.15. The Labute approximate surface area is 118 Å². The molecule has 110 valence electrons. The van der Waals surface area contributed by atoms with E-state index in [9.17, 15) is 9.59 Å². The minimum Gasteiger partial charge on any atom is -0.481 e. The van der Waals surface area contributed by atoms with Gasteiger partial charge in [0, 0.05) is 32.3 Å². The summed E-state index contributed by atoms with van der Waals surface area (Å²) in [5.41, 5.74) is 0.635. The van der Waals surface area contributed by atoms with Crippen molar-refractivity contribution >= 4 is 11.9 Å². The second kappa shape index (κ2) is 6.54. The smallest absolute Gasteiger partial charge is 0.303 e. The zero-order valence-corrected chi connectivity index (χ0v) is 11.8. The Morgan fingerprint density at radius 1 is 1.40 bits per heavy atom. The van der Waals surface area contributed by atoms with E-state index in [1.807, 2.05) is 11.8 Å². The highest BCUT2D eigenvalue weighted by Gasteiger charge is 2.24. The molecule has 2 rings (SSSR count). The highest BCUT2D eigenvalue weighted by Crippen LogP contribution is 2.23. The topological polar surface area (TPSA) is 75.4 Å². The maximum Gasteiger partial charge on any atom is 0.303 e. The predicted octanol–water partition coefficient (Wildman–Crippen LogP) is 1.62. The fourth-order valence-corrected chi connectivity index (χ4v) is 2.58. The van der Waals surface area contributed by atoms with Crippen molar-refractivity contribution < 1.29 is 14.7 Å². The van der Waals surface area contributed by atoms with Crippen LogP contribution in [0.2, 0.25) is 0 Å². The average Bonchev–Trinajstić information content (AvgIpc) is 2.94. The van der Waals surface area contributed by atoms with Crippen molar-refractivity contribution in [3.63, 3.8) is 0 Å². The molecule has 0 atom stereocenters. The third kappa shape index (κ3) is 3.59. The molecule has 1 aromatic rings. The fraction of sp³-hybridized carbons (Fsp3) is 0.643. The van der Waals surface area contributed by atoms with Gasteiger partial charge in [0.25, 0.3) is 5.91 Å². The normalized spacial score (nSPS) is 16.4. The van der Waals surface area contributed by atoms with E-state index in [0.29, 0.717) is 31.0 Å². The van der Waals surface area contributed by atoms with E-state index in [0.717, 1.165) is 19.4 Å². The lowest BCUT2D eigenvalue weighted by molar-refractivity contribution is -0.137. The first-order valence-electron chi connectivity index (χ1n) is 7.13. The summed E-state index contributed by atoms with van der Waals surface area (Å²) in [7, 11) is 0. The number of piperidine rings is 1. The van der Waals surface area contributed by atoms with Crippen LogP contribution in [0.15, 0.2) is 12.4 Å². The first kappa shape index (κ1) is 14.6. The lowest BCUT2D eigenvalue weighted by Gasteiger charge is -2.31. The molecule has 6 nitrogen and oxygen atoms in total. The largest absolute Gasteiger partial charge is 0.481 e. The Morgan fingerprint density at radius 3 is 2.65 bits per heavy atom. The van der Waals surface area contributed by atoms with Crippen LogP contribution >= 0.6 is 0 Å². The molecule has 6 heteroatoms. The molecule has 1 saturated heterocycles. The van der Waals surface area contributed by atoms with Crippen LogP contribution in [0.4, 0.5) is 0 Å². The van der Waals surface area contributed by atoms with E-state index in [1.54, 1.807) is 17.1 Å². The van der Waals surface area contributed by atoms with E-state index in [2.05, 4.69) is 5.10 Å². The van der Waals surface area contributed by atoms with Crippen molar-refractivity contribution in [1.29, 1.82) is 0 Å². The number of rotatable bonds is 5. The second-order valence-electron chi connectivity index (χ2n) is 5.25. The minimum atomic E-state index is -0.740. The van der Waals surface area contributed by atoms with Crippen molar-refractivity contribution in [2.45, 2.75) is 39.2 Å². The Hall–Kier alpha value is -1.85. The molecule has 1 aromatic heterocycles. The van der Waals surface area contributed by atoms with E-state index in [4.69, 9.17) is 5.11 Å². The van der Waals surface area contributed by atoms with Crippen molar-refractivity contribution in [3.8, 4) is 0 Å². The van der Waals surface area contributed by atoms with Gasteiger partial charge in [0.1, 0.15) is 0 Å². The number of aryl methyl sites for hydroxylation is 1. The Balaban J connectivity index is 1.84. The number of carboxylic acids is 1. The zero-order chi connectivity index (χ0) is 14.5. The van der Waals surface area contributed by atoms with Crippen LogP contribution in [-0.2, 0) is 11.3 Å². The Bertz CT molecular complexity index is 476. The van der Waals surface area contributed by atoms with Crippen LogP contribution in [0, 0.1) is 5.92 Å². The second-order valence-corrected chi connectivity index (χ2v) is 5.25. The van der Waals surface area contributed by atoms with Crippen LogP contribution in [0.1, 0.15) is 43.0 Å². The molecule has 0 unspecified atom stereocenters. The molecule has 20 heavy (non-hydrogen) atoms. The molecule has 1 aliphatic heterocycles. The summed E-state index contributed by atoms with van der Waals surface area (Å²) in [5, 5.41) is 12.8. The molecule has 1 aliphatic rings. The number of carbonyl (C=O) groups is 2. The van der Waals surface area contributed by atoms with E-state index in [1.165, 1.54) is 0 Å². The number of likely N-dealkylation sites (tertiary alicyclic amines) is 1. The first-order chi connectivity index (χ1) is 9.60. The number of nitrogens with zero attached hydrogens (tertiary/aromatic N) is 3. The Morgan fingerprint density at radius 2 is 2.10 bits per heavy atom. The lowest BCUT2D eigenvalue weighted by atomic mass is 9.92. The first-order valence-corrected chi connectivity index (χ1v) is 7.13. The molecule has 0 saturated carbocycles. The standard InChI is InChI=1S/C14H21N3O3/c1-2-17-10-12(9-15-17)14(20)16-7-5-11(6-8-16)3-4-13(18)19/h9-11H,2-8H2,1H3,(H,18,19). The van der Waals surface area contributed by atoms with Gasteiger partial charge in [-0.05, 0) is 32.1 Å². The highest BCUT2D eigenvalue weighted by molar-refractivity contribution is 5.93. The summed E-state index contributed by atoms with van der Waals surface area (Å²) >= 11 is 0. The maximum atomic E-state index is 12.3. The number of carbonyl (C=O) groups excluding carboxylic acids is 1. The van der Waals surface area contributed by atoms with Gasteiger partial charge in [-0.2, -0.15) is 5.10 Å². The highest BCUT2D eigenvalue weighted by atomic mass is 16.4. The van der Waals surface area contributed by atoms with E-state index < -0.39 is 5.97 Å². The van der Waals surface area contributed by atoms with Crippen LogP contribution in [0.3, 0.4) is 0 Å². The summed E-state index contributed by atoms with van der Waals surface area (Å²) in [6, 6.07) is 0. The Kier molecular flexibility index (Phi) is 4.76. The third-order valence-electron chi connectivity index (χ3n) is 3.87. The molecule has 0 bridgehead atoms.